The van der Waals surface area contributed by atoms with Gasteiger partial charge in [0.15, 0.2) is 0 Å². The lowest BCUT2D eigenvalue weighted by Crippen LogP contribution is -2.51. The number of hydrogen-bond donors (Lipinski definition) is 1. The average molecular weight is 418 g/mol. The molecule has 140 valence electrons. The summed E-state index contributed by atoms with van der Waals surface area (Å²) < 4.78 is 0. The monoisotopic (exact) mass is 416 g/mol. The Morgan fingerprint density at radius 2 is 2.00 bits per heavy atom. The smallest absolute Gasteiger partial charge is 0.227 e. The van der Waals surface area contributed by atoms with E-state index in [1.807, 2.05) is 13.1 Å². The van der Waals surface area contributed by atoms with Crippen LogP contribution in [0.15, 0.2) is 6.20 Å². The third-order valence-corrected chi connectivity index (χ3v) is 5.28. The number of thiazole rings is 1. The number of halogens is 3. The lowest BCUT2D eigenvalue weighted by Gasteiger charge is -2.37. The Morgan fingerprint density at radius 3 is 2.54 bits per heavy atom. The van der Waals surface area contributed by atoms with E-state index in [4.69, 9.17) is 0 Å². The van der Waals surface area contributed by atoms with Crippen LogP contribution >= 0.6 is 48.6 Å². The van der Waals surface area contributed by atoms with Crippen molar-refractivity contribution >= 4 is 54.5 Å². The number of nitrogens with zero attached hydrogens (tertiary/aromatic N) is 3. The van der Waals surface area contributed by atoms with Crippen LogP contribution in [0.2, 0.25) is 0 Å². The van der Waals surface area contributed by atoms with Crippen LogP contribution in [-0.2, 0) is 11.3 Å². The molecule has 2 aliphatic rings. The first kappa shape index (κ1) is 23.9. The summed E-state index contributed by atoms with van der Waals surface area (Å²) in [4.78, 5) is 22.6. The number of aryl methyl sites for hydroxylation is 1. The molecule has 1 atom stereocenters. The summed E-state index contributed by atoms with van der Waals surface area (Å²) in [5, 5.41) is 4.46. The van der Waals surface area contributed by atoms with Crippen molar-refractivity contribution in [3.05, 3.63) is 16.1 Å². The molecular formula is C15H27Cl3N4OS. The molecule has 3 rings (SSSR count). The van der Waals surface area contributed by atoms with Gasteiger partial charge >= 0.3 is 0 Å². The highest BCUT2D eigenvalue weighted by atomic mass is 35.5. The summed E-state index contributed by atoms with van der Waals surface area (Å²) in [6, 6.07) is 0. The van der Waals surface area contributed by atoms with Crippen molar-refractivity contribution in [2.24, 2.45) is 5.92 Å². The molecule has 0 aromatic carbocycles. The summed E-state index contributed by atoms with van der Waals surface area (Å²) >= 11 is 1.77. The van der Waals surface area contributed by atoms with E-state index in [1.165, 1.54) is 4.88 Å². The predicted octanol–water partition coefficient (Wildman–Crippen LogP) is 2.36. The van der Waals surface area contributed by atoms with E-state index >= 15 is 0 Å². The number of hydrogen-bond acceptors (Lipinski definition) is 5. The Bertz CT molecular complexity index is 489. The first-order chi connectivity index (χ1) is 10.2. The number of amides is 1. The fourth-order valence-corrected chi connectivity index (χ4v) is 3.98. The van der Waals surface area contributed by atoms with Gasteiger partial charge in [-0.25, -0.2) is 4.98 Å². The van der Waals surface area contributed by atoms with Crippen molar-refractivity contribution in [1.29, 1.82) is 0 Å². The number of carbonyl (C=O) groups excluding carboxylic acids is 1. The van der Waals surface area contributed by atoms with Gasteiger partial charge in [0, 0.05) is 50.3 Å². The highest BCUT2D eigenvalue weighted by Gasteiger charge is 2.28. The molecule has 2 aliphatic heterocycles. The Balaban J connectivity index is 0.00000176. The van der Waals surface area contributed by atoms with E-state index in [1.54, 1.807) is 11.3 Å². The summed E-state index contributed by atoms with van der Waals surface area (Å²) in [6.45, 7) is 8.62. The van der Waals surface area contributed by atoms with Crippen molar-refractivity contribution in [3.8, 4) is 0 Å². The van der Waals surface area contributed by atoms with Gasteiger partial charge in [0.05, 0.1) is 10.9 Å². The van der Waals surface area contributed by atoms with Gasteiger partial charge in [0.2, 0.25) is 5.91 Å². The zero-order valence-electron chi connectivity index (χ0n) is 13.9. The highest BCUT2D eigenvalue weighted by Crippen LogP contribution is 2.18. The zero-order valence-corrected chi connectivity index (χ0v) is 17.2. The summed E-state index contributed by atoms with van der Waals surface area (Å²) in [5.41, 5.74) is 0. The Morgan fingerprint density at radius 1 is 1.29 bits per heavy atom. The number of nitrogens with one attached hydrogen (secondary N) is 1. The maximum Gasteiger partial charge on any atom is 0.227 e. The van der Waals surface area contributed by atoms with Crippen LogP contribution in [0.5, 0.6) is 0 Å². The maximum absolute atomic E-state index is 12.5. The van der Waals surface area contributed by atoms with Crippen LogP contribution in [0.25, 0.3) is 0 Å². The highest BCUT2D eigenvalue weighted by molar-refractivity contribution is 7.11. The molecule has 1 aromatic rings. The topological polar surface area (TPSA) is 48.5 Å². The molecule has 1 aromatic heterocycles. The van der Waals surface area contributed by atoms with E-state index in [0.717, 1.165) is 63.7 Å². The molecule has 0 bridgehead atoms. The molecule has 3 heterocycles. The number of rotatable bonds is 3. The fourth-order valence-electron chi connectivity index (χ4n) is 3.15. The zero-order chi connectivity index (χ0) is 14.7. The van der Waals surface area contributed by atoms with Crippen LogP contribution in [0.1, 0.15) is 22.7 Å². The van der Waals surface area contributed by atoms with Gasteiger partial charge in [-0.05, 0) is 26.3 Å². The molecular weight excluding hydrogens is 391 g/mol. The second kappa shape index (κ2) is 11.5. The van der Waals surface area contributed by atoms with Crippen molar-refractivity contribution < 1.29 is 4.79 Å². The SMILES string of the molecule is Cc1ncc(CN2CCN(C(=O)C3CCCNC3)CC2)s1.Cl.Cl.Cl. The molecule has 2 saturated heterocycles. The Kier molecular flexibility index (Phi) is 11.4. The van der Waals surface area contributed by atoms with Gasteiger partial charge in [-0.1, -0.05) is 0 Å². The minimum atomic E-state index is 0. The lowest BCUT2D eigenvalue weighted by atomic mass is 9.98. The fraction of sp³-hybridized carbons (Fsp3) is 0.733. The quantitative estimate of drug-likeness (QED) is 0.820. The standard InChI is InChI=1S/C15H24N4OS.3ClH/c1-12-17-10-14(21-12)11-18-5-7-19(8-6-18)15(20)13-3-2-4-16-9-13;;;/h10,13,16H,2-9,11H2,1H3;3*1H. The molecule has 1 unspecified atom stereocenters. The molecule has 9 heteroatoms. The molecule has 24 heavy (non-hydrogen) atoms. The van der Waals surface area contributed by atoms with Crippen LogP contribution in [-0.4, -0.2) is 60.0 Å². The summed E-state index contributed by atoms with van der Waals surface area (Å²) in [6.07, 6.45) is 4.15. The van der Waals surface area contributed by atoms with E-state index in [-0.39, 0.29) is 43.1 Å². The molecule has 2 fully saturated rings. The van der Waals surface area contributed by atoms with Crippen LogP contribution in [0.4, 0.5) is 0 Å². The van der Waals surface area contributed by atoms with Gasteiger partial charge in [-0.2, -0.15) is 0 Å². The molecule has 0 spiro atoms. The molecule has 0 saturated carbocycles. The van der Waals surface area contributed by atoms with Gasteiger partial charge in [0.1, 0.15) is 0 Å². The summed E-state index contributed by atoms with van der Waals surface area (Å²) in [7, 11) is 0. The van der Waals surface area contributed by atoms with Crippen molar-refractivity contribution in [1.82, 2.24) is 20.1 Å². The number of carbonyl (C=O) groups is 1. The van der Waals surface area contributed by atoms with Crippen LogP contribution < -0.4 is 5.32 Å². The predicted molar refractivity (Wildman–Crippen MR) is 106 cm³/mol. The summed E-state index contributed by atoms with van der Waals surface area (Å²) in [5.74, 6) is 0.560. The minimum absolute atomic E-state index is 0. The molecule has 0 aliphatic carbocycles. The normalized spacial score (nSPS) is 21.2. The lowest BCUT2D eigenvalue weighted by molar-refractivity contribution is -0.137. The van der Waals surface area contributed by atoms with E-state index < -0.39 is 0 Å². The third-order valence-electron chi connectivity index (χ3n) is 4.38. The molecule has 0 radical (unpaired) electrons. The van der Waals surface area contributed by atoms with Crippen molar-refractivity contribution in [3.63, 3.8) is 0 Å². The first-order valence-electron chi connectivity index (χ1n) is 7.85. The third kappa shape index (κ3) is 6.32. The number of aromatic nitrogens is 1. The Hall–Kier alpha value is -0.110. The van der Waals surface area contributed by atoms with Crippen LogP contribution in [0.3, 0.4) is 0 Å². The minimum Gasteiger partial charge on any atom is -0.340 e. The van der Waals surface area contributed by atoms with E-state index in [0.29, 0.717) is 5.91 Å². The first-order valence-corrected chi connectivity index (χ1v) is 8.67. The molecule has 1 N–H and O–H groups in total. The Labute approximate surface area is 166 Å². The molecule has 5 nitrogen and oxygen atoms in total. The molecule has 1 amide bonds. The van der Waals surface area contributed by atoms with Gasteiger partial charge < -0.3 is 10.2 Å². The van der Waals surface area contributed by atoms with Crippen molar-refractivity contribution in [2.75, 3.05) is 39.3 Å². The van der Waals surface area contributed by atoms with E-state index in [2.05, 4.69) is 20.1 Å². The second-order valence-electron chi connectivity index (χ2n) is 5.99. The average Bonchev–Trinajstić information content (AvgIpc) is 2.93. The van der Waals surface area contributed by atoms with Gasteiger partial charge in [-0.15, -0.1) is 48.6 Å². The van der Waals surface area contributed by atoms with Crippen LogP contribution in [0, 0.1) is 12.8 Å². The largest absolute Gasteiger partial charge is 0.340 e. The van der Waals surface area contributed by atoms with Gasteiger partial charge in [0.25, 0.3) is 0 Å². The number of piperazine rings is 1. The van der Waals surface area contributed by atoms with E-state index in [9.17, 15) is 4.79 Å². The second-order valence-corrected chi connectivity index (χ2v) is 7.31. The number of piperidine rings is 1. The van der Waals surface area contributed by atoms with Gasteiger partial charge in [-0.3, -0.25) is 9.69 Å². The van der Waals surface area contributed by atoms with Crippen molar-refractivity contribution in [2.45, 2.75) is 26.3 Å². The maximum atomic E-state index is 12.5.